The average Bonchev–Trinajstić information content (AvgIpc) is 2.90. The Kier molecular flexibility index (Phi) is 3.92. The van der Waals surface area contributed by atoms with Gasteiger partial charge in [0.15, 0.2) is 11.6 Å². The average molecular weight is 341 g/mol. The maximum atomic E-state index is 12.7. The molecule has 26 heavy (non-hydrogen) atoms. The van der Waals surface area contributed by atoms with Gasteiger partial charge >= 0.3 is 0 Å². The first-order chi connectivity index (χ1) is 12.6. The van der Waals surface area contributed by atoms with Gasteiger partial charge in [-0.25, -0.2) is 0 Å². The van der Waals surface area contributed by atoms with E-state index in [1.807, 2.05) is 44.2 Å². The molecule has 2 aromatic carbocycles. The number of carbonyl (C=O) groups is 2. The van der Waals surface area contributed by atoms with Gasteiger partial charge in [-0.2, -0.15) is 0 Å². The third-order valence-electron chi connectivity index (χ3n) is 4.92. The molecular weight excluding hydrogens is 322 g/mol. The fourth-order valence-corrected chi connectivity index (χ4v) is 3.60. The van der Waals surface area contributed by atoms with Crippen molar-refractivity contribution < 1.29 is 9.59 Å². The lowest BCUT2D eigenvalue weighted by Gasteiger charge is -2.30. The van der Waals surface area contributed by atoms with Crippen LogP contribution in [0.1, 0.15) is 40.1 Å². The summed E-state index contributed by atoms with van der Waals surface area (Å²) in [6, 6.07) is 17.3. The van der Waals surface area contributed by atoms with Gasteiger partial charge in [0, 0.05) is 29.1 Å². The molecule has 0 unspecified atom stereocenters. The zero-order valence-corrected chi connectivity index (χ0v) is 14.8. The van der Waals surface area contributed by atoms with Gasteiger partial charge in [-0.15, -0.1) is 0 Å². The summed E-state index contributed by atoms with van der Waals surface area (Å²) in [5.74, 6) is -0.351. The van der Waals surface area contributed by atoms with E-state index in [-0.39, 0.29) is 17.1 Å². The number of allylic oxidation sites excluding steroid dienone is 6. The molecule has 0 N–H and O–H groups in total. The van der Waals surface area contributed by atoms with E-state index in [1.165, 1.54) is 5.56 Å². The van der Waals surface area contributed by atoms with Crippen LogP contribution < -0.4 is 0 Å². The highest BCUT2D eigenvalue weighted by molar-refractivity contribution is 6.40. The van der Waals surface area contributed by atoms with Crippen LogP contribution >= 0.6 is 0 Å². The van der Waals surface area contributed by atoms with Crippen LogP contribution in [0.4, 0.5) is 0 Å². The third-order valence-corrected chi connectivity index (χ3v) is 4.92. The fraction of sp³-hybridized carbons (Fsp3) is 0.130. The zero-order valence-electron chi connectivity index (χ0n) is 14.8. The highest BCUT2D eigenvalue weighted by Gasteiger charge is 2.35. The molecule has 0 bridgehead atoms. The zero-order chi connectivity index (χ0) is 18.3. The number of benzene rings is 2. The number of carbonyl (C=O) groups excluding carboxylic acids is 2. The van der Waals surface area contributed by atoms with Crippen molar-refractivity contribution in [2.24, 2.45) is 0 Å². The number of hydrogen-bond donors (Lipinski definition) is 0. The Morgan fingerprint density at radius 2 is 1.23 bits per heavy atom. The summed E-state index contributed by atoms with van der Waals surface area (Å²) in [5, 5.41) is 0. The molecule has 3 nitrogen and oxygen atoms in total. The summed E-state index contributed by atoms with van der Waals surface area (Å²) < 4.78 is 0. The number of hydrogen-bond acceptors (Lipinski definition) is 3. The molecule has 1 heterocycles. The van der Waals surface area contributed by atoms with Crippen molar-refractivity contribution >= 4 is 11.6 Å². The predicted octanol–water partition coefficient (Wildman–Crippen LogP) is 4.69. The van der Waals surface area contributed by atoms with Crippen molar-refractivity contribution in [1.82, 2.24) is 4.90 Å². The predicted molar refractivity (Wildman–Crippen MR) is 102 cm³/mol. The Morgan fingerprint density at radius 3 is 1.77 bits per heavy atom. The van der Waals surface area contributed by atoms with Crippen molar-refractivity contribution in [3.63, 3.8) is 0 Å². The second-order valence-electron chi connectivity index (χ2n) is 6.68. The minimum absolute atomic E-state index is 0.176. The van der Waals surface area contributed by atoms with Gasteiger partial charge in [0.05, 0.1) is 5.57 Å². The lowest BCUT2D eigenvalue weighted by molar-refractivity contribution is 0.0988. The van der Waals surface area contributed by atoms with Crippen molar-refractivity contribution in [3.05, 3.63) is 106 Å². The monoisotopic (exact) mass is 341 g/mol. The fourth-order valence-electron chi connectivity index (χ4n) is 3.60. The summed E-state index contributed by atoms with van der Waals surface area (Å²) in [5.41, 5.74) is 5.25. The molecule has 0 fully saturated rings. The number of fused-ring (bicyclic) bond motifs is 1. The van der Waals surface area contributed by atoms with E-state index >= 15 is 0 Å². The van der Waals surface area contributed by atoms with Crippen LogP contribution in [-0.4, -0.2) is 16.5 Å². The first-order valence-electron chi connectivity index (χ1n) is 8.67. The Labute approximate surface area is 153 Å². The summed E-state index contributed by atoms with van der Waals surface area (Å²) in [4.78, 5) is 27.7. The molecule has 0 atom stereocenters. The van der Waals surface area contributed by atoms with Gasteiger partial charge < -0.3 is 4.90 Å². The summed E-state index contributed by atoms with van der Waals surface area (Å²) >= 11 is 0. The van der Waals surface area contributed by atoms with E-state index in [4.69, 9.17) is 0 Å². The standard InChI is InChI=1S/C23H19NO2/c1-15-12-18(13-16(2)24(15)14-17-8-4-3-5-9-17)21-22(25)19-10-6-7-11-20(19)23(21)26/h3-13H,14H2,1-2H3. The lowest BCUT2D eigenvalue weighted by Crippen LogP contribution is -2.22. The van der Waals surface area contributed by atoms with E-state index in [0.29, 0.717) is 16.7 Å². The van der Waals surface area contributed by atoms with Crippen molar-refractivity contribution in [2.75, 3.05) is 0 Å². The van der Waals surface area contributed by atoms with Gasteiger partial charge in [-0.05, 0) is 37.1 Å². The van der Waals surface area contributed by atoms with E-state index in [9.17, 15) is 9.59 Å². The maximum Gasteiger partial charge on any atom is 0.198 e. The second-order valence-corrected chi connectivity index (χ2v) is 6.68. The molecule has 4 rings (SSSR count). The Balaban J connectivity index is 1.72. The molecule has 0 saturated heterocycles. The summed E-state index contributed by atoms with van der Waals surface area (Å²) in [6.45, 7) is 4.78. The summed E-state index contributed by atoms with van der Waals surface area (Å²) in [7, 11) is 0. The van der Waals surface area contributed by atoms with Gasteiger partial charge in [-0.3, -0.25) is 9.59 Å². The van der Waals surface area contributed by atoms with E-state index in [0.717, 1.165) is 17.9 Å². The van der Waals surface area contributed by atoms with Crippen LogP contribution in [0.25, 0.3) is 0 Å². The molecule has 2 aromatic rings. The third kappa shape index (κ3) is 2.62. The van der Waals surface area contributed by atoms with Crippen molar-refractivity contribution in [2.45, 2.75) is 20.4 Å². The highest BCUT2D eigenvalue weighted by Crippen LogP contribution is 2.33. The largest absolute Gasteiger partial charge is 0.345 e. The second kappa shape index (κ2) is 6.26. The van der Waals surface area contributed by atoms with Crippen molar-refractivity contribution in [3.8, 4) is 0 Å². The van der Waals surface area contributed by atoms with Crippen LogP contribution in [0.15, 0.2) is 89.3 Å². The highest BCUT2D eigenvalue weighted by atomic mass is 16.2. The Hall–Kier alpha value is -3.20. The van der Waals surface area contributed by atoms with E-state index in [1.54, 1.807) is 24.3 Å². The van der Waals surface area contributed by atoms with Crippen LogP contribution in [0.2, 0.25) is 0 Å². The Bertz CT molecular complexity index is 951. The van der Waals surface area contributed by atoms with E-state index < -0.39 is 0 Å². The quantitative estimate of drug-likeness (QED) is 0.588. The number of rotatable bonds is 2. The molecule has 128 valence electrons. The number of ketones is 2. The molecule has 3 heteroatoms. The maximum absolute atomic E-state index is 12.7. The number of nitrogens with zero attached hydrogens (tertiary/aromatic N) is 1. The Morgan fingerprint density at radius 1 is 0.731 bits per heavy atom. The molecule has 0 spiro atoms. The van der Waals surface area contributed by atoms with Gasteiger partial charge in [0.2, 0.25) is 0 Å². The van der Waals surface area contributed by atoms with Crippen LogP contribution in [-0.2, 0) is 6.54 Å². The topological polar surface area (TPSA) is 37.4 Å². The van der Waals surface area contributed by atoms with Gasteiger partial charge in [0.1, 0.15) is 0 Å². The molecule has 1 aliphatic carbocycles. The lowest BCUT2D eigenvalue weighted by atomic mass is 9.98. The van der Waals surface area contributed by atoms with Crippen LogP contribution in [0.5, 0.6) is 0 Å². The molecule has 0 aromatic heterocycles. The van der Waals surface area contributed by atoms with Gasteiger partial charge in [0.25, 0.3) is 0 Å². The minimum Gasteiger partial charge on any atom is -0.345 e. The molecular formula is C23H19NO2. The molecule has 2 aliphatic rings. The first kappa shape index (κ1) is 16.3. The van der Waals surface area contributed by atoms with Crippen molar-refractivity contribution in [1.29, 1.82) is 0 Å². The molecule has 0 saturated carbocycles. The summed E-state index contributed by atoms with van der Waals surface area (Å²) in [6.07, 6.45) is 3.87. The van der Waals surface area contributed by atoms with Crippen LogP contribution in [0, 0.1) is 0 Å². The minimum atomic E-state index is -0.176. The van der Waals surface area contributed by atoms with E-state index in [2.05, 4.69) is 17.0 Å². The molecule has 0 amide bonds. The first-order valence-corrected chi connectivity index (χ1v) is 8.67. The van der Waals surface area contributed by atoms with Gasteiger partial charge in [-0.1, -0.05) is 54.6 Å². The smallest absolute Gasteiger partial charge is 0.198 e. The molecule has 1 aliphatic heterocycles. The number of Topliss-reactive ketones (excluding diaryl/α,β-unsaturated/α-hetero) is 2. The molecule has 0 radical (unpaired) electrons. The normalized spacial score (nSPS) is 16.6. The SMILES string of the molecule is CC1=CC(=C2C(=O)c3ccccc3C2=O)C=C(C)N1Cc1ccccc1. The van der Waals surface area contributed by atoms with Crippen LogP contribution in [0.3, 0.4) is 0 Å².